The highest BCUT2D eigenvalue weighted by Gasteiger charge is 2.05. The summed E-state index contributed by atoms with van der Waals surface area (Å²) in [7, 11) is 1.96. The number of hydrogen-bond donors (Lipinski definition) is 2. The van der Waals surface area contributed by atoms with E-state index in [1.165, 1.54) is 16.5 Å². The SMILES string of the molecule is CNCc1cccc2c1ccn2CCC(C)O. The molecule has 0 bridgehead atoms. The summed E-state index contributed by atoms with van der Waals surface area (Å²) in [5, 5.41) is 13.8. The molecular weight excluding hydrogens is 212 g/mol. The van der Waals surface area contributed by atoms with E-state index in [9.17, 15) is 5.11 Å². The predicted octanol–water partition coefficient (Wildman–Crippen LogP) is 2.13. The number of nitrogens with zero attached hydrogens (tertiary/aromatic N) is 1. The van der Waals surface area contributed by atoms with Crippen LogP contribution in [0.25, 0.3) is 10.9 Å². The summed E-state index contributed by atoms with van der Waals surface area (Å²) in [4.78, 5) is 0. The van der Waals surface area contributed by atoms with Gasteiger partial charge < -0.3 is 15.0 Å². The number of aryl methyl sites for hydroxylation is 1. The first-order valence-electron chi connectivity index (χ1n) is 6.11. The van der Waals surface area contributed by atoms with Gasteiger partial charge in [0.05, 0.1) is 6.10 Å². The molecule has 1 aromatic carbocycles. The Morgan fingerprint density at radius 2 is 2.18 bits per heavy atom. The Bertz CT molecular complexity index is 488. The molecule has 0 aliphatic rings. The zero-order chi connectivity index (χ0) is 12.3. The van der Waals surface area contributed by atoms with E-state index in [0.717, 1.165) is 19.5 Å². The highest BCUT2D eigenvalue weighted by Crippen LogP contribution is 2.20. The summed E-state index contributed by atoms with van der Waals surface area (Å²) < 4.78 is 2.21. The van der Waals surface area contributed by atoms with E-state index in [0.29, 0.717) is 0 Å². The largest absolute Gasteiger partial charge is 0.393 e. The lowest BCUT2D eigenvalue weighted by atomic mass is 10.1. The average Bonchev–Trinajstić information content (AvgIpc) is 2.71. The molecule has 1 heterocycles. The fraction of sp³-hybridized carbons (Fsp3) is 0.429. The molecule has 0 aliphatic heterocycles. The first-order valence-corrected chi connectivity index (χ1v) is 6.11. The monoisotopic (exact) mass is 232 g/mol. The fourth-order valence-electron chi connectivity index (χ4n) is 2.15. The van der Waals surface area contributed by atoms with Crippen molar-refractivity contribution in [2.45, 2.75) is 32.5 Å². The number of nitrogens with one attached hydrogen (secondary N) is 1. The van der Waals surface area contributed by atoms with E-state index in [1.54, 1.807) is 0 Å². The van der Waals surface area contributed by atoms with Gasteiger partial charge >= 0.3 is 0 Å². The van der Waals surface area contributed by atoms with Crippen LogP contribution in [0.15, 0.2) is 30.5 Å². The van der Waals surface area contributed by atoms with Gasteiger partial charge in [-0.15, -0.1) is 0 Å². The molecule has 2 aromatic rings. The maximum absolute atomic E-state index is 9.34. The maximum Gasteiger partial charge on any atom is 0.0529 e. The summed E-state index contributed by atoms with van der Waals surface area (Å²) in [6.07, 6.45) is 2.65. The van der Waals surface area contributed by atoms with Crippen LogP contribution in [0.4, 0.5) is 0 Å². The Morgan fingerprint density at radius 3 is 2.88 bits per heavy atom. The molecule has 0 fully saturated rings. The van der Waals surface area contributed by atoms with Crippen LogP contribution in [0.3, 0.4) is 0 Å². The maximum atomic E-state index is 9.34. The molecule has 1 unspecified atom stereocenters. The van der Waals surface area contributed by atoms with Crippen molar-refractivity contribution in [2.24, 2.45) is 0 Å². The Kier molecular flexibility index (Phi) is 3.82. The molecule has 2 rings (SSSR count). The molecule has 3 heteroatoms. The number of hydrogen-bond acceptors (Lipinski definition) is 2. The third-order valence-corrected chi connectivity index (χ3v) is 3.06. The summed E-state index contributed by atoms with van der Waals surface area (Å²) in [5.41, 5.74) is 2.57. The van der Waals surface area contributed by atoms with Gasteiger partial charge in [-0.25, -0.2) is 0 Å². The molecule has 92 valence electrons. The van der Waals surface area contributed by atoms with Gasteiger partial charge in [0.2, 0.25) is 0 Å². The van der Waals surface area contributed by atoms with Crippen molar-refractivity contribution in [3.8, 4) is 0 Å². The van der Waals surface area contributed by atoms with Crippen LogP contribution in [0.1, 0.15) is 18.9 Å². The van der Waals surface area contributed by atoms with Crippen LogP contribution in [-0.4, -0.2) is 22.8 Å². The van der Waals surface area contributed by atoms with Gasteiger partial charge in [-0.3, -0.25) is 0 Å². The third kappa shape index (κ3) is 2.68. The van der Waals surface area contributed by atoms with E-state index >= 15 is 0 Å². The summed E-state index contributed by atoms with van der Waals surface area (Å²) in [5.74, 6) is 0. The van der Waals surface area contributed by atoms with Gasteiger partial charge in [-0.05, 0) is 38.1 Å². The number of fused-ring (bicyclic) bond motifs is 1. The van der Waals surface area contributed by atoms with Crippen molar-refractivity contribution in [1.82, 2.24) is 9.88 Å². The highest BCUT2D eigenvalue weighted by molar-refractivity contribution is 5.83. The van der Waals surface area contributed by atoms with E-state index < -0.39 is 0 Å². The van der Waals surface area contributed by atoms with E-state index in [4.69, 9.17) is 0 Å². The molecule has 1 atom stereocenters. The van der Waals surface area contributed by atoms with Gasteiger partial charge in [0, 0.05) is 30.2 Å². The first kappa shape index (κ1) is 12.1. The number of aliphatic hydroxyl groups excluding tert-OH is 1. The van der Waals surface area contributed by atoms with Crippen LogP contribution >= 0.6 is 0 Å². The molecule has 2 N–H and O–H groups in total. The minimum absolute atomic E-state index is 0.243. The highest BCUT2D eigenvalue weighted by atomic mass is 16.3. The standard InChI is InChI=1S/C14H20N2O/c1-11(17)6-8-16-9-7-13-12(10-15-2)4-3-5-14(13)16/h3-5,7,9,11,15,17H,6,8,10H2,1-2H3. The van der Waals surface area contributed by atoms with Crippen molar-refractivity contribution >= 4 is 10.9 Å². The molecule has 0 radical (unpaired) electrons. The van der Waals surface area contributed by atoms with Gasteiger partial charge in [-0.2, -0.15) is 0 Å². The summed E-state index contributed by atoms with van der Waals surface area (Å²) in [6, 6.07) is 8.53. The van der Waals surface area contributed by atoms with Crippen molar-refractivity contribution in [3.63, 3.8) is 0 Å². The Labute approximate surface area is 102 Å². The van der Waals surface area contributed by atoms with E-state index in [1.807, 2.05) is 14.0 Å². The van der Waals surface area contributed by atoms with Crippen molar-refractivity contribution in [1.29, 1.82) is 0 Å². The van der Waals surface area contributed by atoms with Crippen LogP contribution < -0.4 is 5.32 Å². The lowest BCUT2D eigenvalue weighted by Gasteiger charge is -2.08. The second-order valence-electron chi connectivity index (χ2n) is 4.53. The minimum atomic E-state index is -0.243. The Balaban J connectivity index is 2.30. The molecule has 0 spiro atoms. The van der Waals surface area contributed by atoms with Crippen molar-refractivity contribution < 1.29 is 5.11 Å². The van der Waals surface area contributed by atoms with Gasteiger partial charge in [0.25, 0.3) is 0 Å². The number of aliphatic hydroxyl groups is 1. The van der Waals surface area contributed by atoms with E-state index in [-0.39, 0.29) is 6.10 Å². The van der Waals surface area contributed by atoms with Crippen LogP contribution in [0, 0.1) is 0 Å². The fourth-order valence-corrected chi connectivity index (χ4v) is 2.15. The van der Waals surface area contributed by atoms with Crippen molar-refractivity contribution in [3.05, 3.63) is 36.0 Å². The number of rotatable bonds is 5. The molecule has 0 amide bonds. The molecular formula is C14H20N2O. The molecule has 1 aromatic heterocycles. The van der Waals surface area contributed by atoms with Crippen LogP contribution in [-0.2, 0) is 13.1 Å². The van der Waals surface area contributed by atoms with Gasteiger partial charge in [-0.1, -0.05) is 12.1 Å². The zero-order valence-corrected chi connectivity index (χ0v) is 10.5. The average molecular weight is 232 g/mol. The Morgan fingerprint density at radius 1 is 1.35 bits per heavy atom. The van der Waals surface area contributed by atoms with Gasteiger partial charge in [0.1, 0.15) is 0 Å². The molecule has 17 heavy (non-hydrogen) atoms. The lowest BCUT2D eigenvalue weighted by molar-refractivity contribution is 0.178. The lowest BCUT2D eigenvalue weighted by Crippen LogP contribution is -2.07. The smallest absolute Gasteiger partial charge is 0.0529 e. The predicted molar refractivity (Wildman–Crippen MR) is 71.0 cm³/mol. The minimum Gasteiger partial charge on any atom is -0.393 e. The zero-order valence-electron chi connectivity index (χ0n) is 10.5. The van der Waals surface area contributed by atoms with Crippen molar-refractivity contribution in [2.75, 3.05) is 7.05 Å². The van der Waals surface area contributed by atoms with Crippen LogP contribution in [0.2, 0.25) is 0 Å². The van der Waals surface area contributed by atoms with Gasteiger partial charge in [0.15, 0.2) is 0 Å². The normalized spacial score (nSPS) is 13.1. The quantitative estimate of drug-likeness (QED) is 0.828. The Hall–Kier alpha value is -1.32. The first-order chi connectivity index (χ1) is 8.22. The second-order valence-corrected chi connectivity index (χ2v) is 4.53. The summed E-state index contributed by atoms with van der Waals surface area (Å²) >= 11 is 0. The topological polar surface area (TPSA) is 37.2 Å². The molecule has 0 saturated heterocycles. The second kappa shape index (κ2) is 5.34. The molecule has 0 saturated carbocycles. The third-order valence-electron chi connectivity index (χ3n) is 3.06. The number of aromatic nitrogens is 1. The van der Waals surface area contributed by atoms with Crippen LogP contribution in [0.5, 0.6) is 0 Å². The summed E-state index contributed by atoms with van der Waals surface area (Å²) in [6.45, 7) is 3.58. The molecule has 3 nitrogen and oxygen atoms in total. The molecule has 0 aliphatic carbocycles. The van der Waals surface area contributed by atoms with E-state index in [2.05, 4.69) is 40.3 Å². The number of benzene rings is 1.